The predicted molar refractivity (Wildman–Crippen MR) is 114 cm³/mol. The summed E-state index contributed by atoms with van der Waals surface area (Å²) in [6, 6.07) is 13.3. The number of H-pyrrole nitrogens is 1. The summed E-state index contributed by atoms with van der Waals surface area (Å²) in [4.78, 5) is 15.4. The van der Waals surface area contributed by atoms with Gasteiger partial charge in [-0.2, -0.15) is 13.2 Å². The van der Waals surface area contributed by atoms with Crippen molar-refractivity contribution >= 4 is 28.3 Å². The summed E-state index contributed by atoms with van der Waals surface area (Å²) in [7, 11) is 0. The van der Waals surface area contributed by atoms with Crippen LogP contribution in [0, 0.1) is 5.82 Å². The third kappa shape index (κ3) is 4.42. The fraction of sp³-hybridized carbons (Fsp3) is 0.0870. The number of carbonyl (C=O) groups excluding carboxylic acids is 1. The molecule has 0 aliphatic carbocycles. The number of hydrogen-bond acceptors (Lipinski definition) is 2. The molecule has 4 aromatic rings. The zero-order valence-corrected chi connectivity index (χ0v) is 16.4. The molecule has 0 bridgehead atoms. The minimum Gasteiger partial charge on any atom is -0.392 e. The molecule has 4 rings (SSSR count). The predicted octanol–water partition coefficient (Wildman–Crippen LogP) is 6.13. The second kappa shape index (κ2) is 8.35. The van der Waals surface area contributed by atoms with Gasteiger partial charge in [0.25, 0.3) is 0 Å². The summed E-state index contributed by atoms with van der Waals surface area (Å²) >= 11 is 0. The molecule has 5 nitrogen and oxygen atoms in total. The topological polar surface area (TPSA) is 77.2 Å². The summed E-state index contributed by atoms with van der Waals surface area (Å²) in [5, 5.41) is 14.9. The molecule has 32 heavy (non-hydrogen) atoms. The Balaban J connectivity index is 1.54. The number of rotatable bonds is 4. The normalized spacial score (nSPS) is 11.5. The Bertz CT molecular complexity index is 1280. The summed E-state index contributed by atoms with van der Waals surface area (Å²) in [5.74, 6) is -0.520. The van der Waals surface area contributed by atoms with E-state index in [-0.39, 0.29) is 11.3 Å². The average Bonchev–Trinajstić information content (AvgIpc) is 3.15. The maximum atomic E-state index is 14.0. The number of alkyl halides is 3. The molecular formula is C23H17F4N3O2. The maximum Gasteiger partial charge on any atom is 0.416 e. The Hall–Kier alpha value is -3.85. The van der Waals surface area contributed by atoms with E-state index in [0.29, 0.717) is 22.2 Å². The minimum atomic E-state index is -4.45. The minimum absolute atomic E-state index is 0.193. The first kappa shape index (κ1) is 21.4. The smallest absolute Gasteiger partial charge is 0.392 e. The largest absolute Gasteiger partial charge is 0.416 e. The van der Waals surface area contributed by atoms with E-state index in [9.17, 15) is 22.4 Å². The molecule has 0 atom stereocenters. The molecule has 2 amide bonds. The maximum absolute atomic E-state index is 14.0. The number of urea groups is 1. The fourth-order valence-electron chi connectivity index (χ4n) is 3.29. The number of carbonyl (C=O) groups is 1. The van der Waals surface area contributed by atoms with Gasteiger partial charge in [0, 0.05) is 28.4 Å². The summed E-state index contributed by atoms with van der Waals surface area (Å²) < 4.78 is 52.0. The number of halogens is 4. The van der Waals surface area contributed by atoms with E-state index in [0.717, 1.165) is 17.6 Å². The van der Waals surface area contributed by atoms with Crippen LogP contribution in [0.3, 0.4) is 0 Å². The number of aromatic nitrogens is 1. The van der Waals surface area contributed by atoms with Crippen molar-refractivity contribution in [3.05, 3.63) is 83.8 Å². The van der Waals surface area contributed by atoms with Crippen LogP contribution in [-0.2, 0) is 12.8 Å². The van der Waals surface area contributed by atoms with Crippen molar-refractivity contribution in [2.24, 2.45) is 0 Å². The number of fused-ring (bicyclic) bond motifs is 1. The first-order valence-electron chi connectivity index (χ1n) is 9.50. The first-order chi connectivity index (χ1) is 15.2. The molecule has 0 aliphatic heterocycles. The molecule has 0 fully saturated rings. The van der Waals surface area contributed by atoms with Gasteiger partial charge in [0.2, 0.25) is 0 Å². The van der Waals surface area contributed by atoms with E-state index in [2.05, 4.69) is 15.6 Å². The average molecular weight is 443 g/mol. The zero-order chi connectivity index (χ0) is 22.9. The number of nitrogens with one attached hydrogen (secondary N) is 3. The zero-order valence-electron chi connectivity index (χ0n) is 16.4. The van der Waals surface area contributed by atoms with Gasteiger partial charge in [0.1, 0.15) is 5.82 Å². The molecule has 164 valence electrons. The fourth-order valence-corrected chi connectivity index (χ4v) is 3.29. The summed E-state index contributed by atoms with van der Waals surface area (Å²) in [5.41, 5.74) is 2.06. The second-order valence-corrected chi connectivity index (χ2v) is 7.08. The van der Waals surface area contributed by atoms with Crippen LogP contribution in [0.5, 0.6) is 0 Å². The molecule has 0 spiro atoms. The van der Waals surface area contributed by atoms with Gasteiger partial charge in [0.05, 0.1) is 17.9 Å². The molecule has 1 heterocycles. The van der Waals surface area contributed by atoms with Crippen molar-refractivity contribution < 1.29 is 27.5 Å². The lowest BCUT2D eigenvalue weighted by molar-refractivity contribution is -0.137. The number of amides is 2. The highest BCUT2D eigenvalue weighted by molar-refractivity contribution is 6.06. The van der Waals surface area contributed by atoms with Crippen LogP contribution in [0.1, 0.15) is 11.1 Å². The SMILES string of the molecule is O=C(Nc1ccc(C(F)(F)F)cc1)Nc1c[nH]c2ccc(-c3ccc(CO)c(F)c3)cc12. The third-order valence-electron chi connectivity index (χ3n) is 4.96. The number of benzene rings is 3. The van der Waals surface area contributed by atoms with Crippen LogP contribution in [0.2, 0.25) is 0 Å². The molecule has 0 saturated carbocycles. The molecule has 0 aliphatic rings. The molecule has 0 saturated heterocycles. The van der Waals surface area contributed by atoms with Gasteiger partial charge in [-0.15, -0.1) is 0 Å². The van der Waals surface area contributed by atoms with E-state index in [1.54, 1.807) is 30.5 Å². The van der Waals surface area contributed by atoms with Gasteiger partial charge >= 0.3 is 12.2 Å². The summed E-state index contributed by atoms with van der Waals surface area (Å²) in [6.45, 7) is -0.398. The van der Waals surface area contributed by atoms with Gasteiger partial charge in [-0.05, 0) is 53.6 Å². The monoisotopic (exact) mass is 443 g/mol. The highest BCUT2D eigenvalue weighted by atomic mass is 19.4. The Kier molecular flexibility index (Phi) is 5.58. The Morgan fingerprint density at radius 2 is 1.62 bits per heavy atom. The van der Waals surface area contributed by atoms with E-state index < -0.39 is 30.2 Å². The second-order valence-electron chi connectivity index (χ2n) is 7.08. The van der Waals surface area contributed by atoms with Crippen molar-refractivity contribution in [3.63, 3.8) is 0 Å². The highest BCUT2D eigenvalue weighted by Crippen LogP contribution is 2.31. The number of aliphatic hydroxyl groups is 1. The van der Waals surface area contributed by atoms with Gasteiger partial charge in [-0.1, -0.05) is 18.2 Å². The van der Waals surface area contributed by atoms with Crippen LogP contribution < -0.4 is 10.6 Å². The van der Waals surface area contributed by atoms with Crippen molar-refractivity contribution in [1.29, 1.82) is 0 Å². The lowest BCUT2D eigenvalue weighted by atomic mass is 10.0. The van der Waals surface area contributed by atoms with E-state index >= 15 is 0 Å². The van der Waals surface area contributed by atoms with Gasteiger partial charge in [-0.3, -0.25) is 0 Å². The van der Waals surface area contributed by atoms with Crippen molar-refractivity contribution in [2.75, 3.05) is 10.6 Å². The van der Waals surface area contributed by atoms with Crippen LogP contribution in [0.15, 0.2) is 66.9 Å². The molecule has 9 heteroatoms. The van der Waals surface area contributed by atoms with Gasteiger partial charge in [-0.25, -0.2) is 9.18 Å². The molecule has 3 aromatic carbocycles. The number of aromatic amines is 1. The van der Waals surface area contributed by atoms with Crippen LogP contribution in [0.4, 0.5) is 33.7 Å². The van der Waals surface area contributed by atoms with E-state index in [1.165, 1.54) is 24.3 Å². The van der Waals surface area contributed by atoms with Crippen LogP contribution in [-0.4, -0.2) is 16.1 Å². The Morgan fingerprint density at radius 1 is 0.938 bits per heavy atom. The lowest BCUT2D eigenvalue weighted by Crippen LogP contribution is -2.19. The standard InChI is InChI=1S/C23H17F4N3O2/c24-19-10-14(1-2-15(19)12-31)13-3-8-20-18(9-13)21(11-28-20)30-22(32)29-17-6-4-16(5-7-17)23(25,26)27/h1-11,28,31H,12H2,(H2,29,30,32). The van der Waals surface area contributed by atoms with Crippen molar-refractivity contribution in [2.45, 2.75) is 12.8 Å². The quantitative estimate of drug-likeness (QED) is 0.287. The van der Waals surface area contributed by atoms with Crippen molar-refractivity contribution in [3.8, 4) is 11.1 Å². The first-order valence-corrected chi connectivity index (χ1v) is 9.50. The molecule has 0 unspecified atom stereocenters. The summed E-state index contributed by atoms with van der Waals surface area (Å²) in [6.07, 6.45) is -2.87. The highest BCUT2D eigenvalue weighted by Gasteiger charge is 2.30. The number of aliphatic hydroxyl groups excluding tert-OH is 1. The molecule has 4 N–H and O–H groups in total. The van der Waals surface area contributed by atoms with Gasteiger partial charge < -0.3 is 20.7 Å². The van der Waals surface area contributed by atoms with E-state index in [4.69, 9.17) is 5.11 Å². The lowest BCUT2D eigenvalue weighted by Gasteiger charge is -2.10. The molecular weight excluding hydrogens is 426 g/mol. The van der Waals surface area contributed by atoms with E-state index in [1.807, 2.05) is 0 Å². The Morgan fingerprint density at radius 3 is 2.28 bits per heavy atom. The van der Waals surface area contributed by atoms with Gasteiger partial charge in [0.15, 0.2) is 0 Å². The van der Waals surface area contributed by atoms with Crippen LogP contribution in [0.25, 0.3) is 22.0 Å². The van der Waals surface area contributed by atoms with Crippen molar-refractivity contribution in [1.82, 2.24) is 4.98 Å². The number of hydrogen-bond donors (Lipinski definition) is 4. The molecule has 0 radical (unpaired) electrons. The third-order valence-corrected chi connectivity index (χ3v) is 4.96. The Labute approximate surface area is 179 Å². The number of anilines is 2. The molecule has 1 aromatic heterocycles. The van der Waals surface area contributed by atoms with Crippen LogP contribution >= 0.6 is 0 Å².